The van der Waals surface area contributed by atoms with Crippen LogP contribution in [0, 0.1) is 18.3 Å². The van der Waals surface area contributed by atoms with Crippen LogP contribution in [0.3, 0.4) is 0 Å². The Morgan fingerprint density at radius 2 is 2.03 bits per heavy atom. The summed E-state index contributed by atoms with van der Waals surface area (Å²) in [6.07, 6.45) is 0. The molecule has 0 saturated carbocycles. The van der Waals surface area contributed by atoms with E-state index in [1.807, 2.05) is 18.4 Å². The monoisotopic (exact) mass is 490 g/mol. The SMILES string of the molecule is Cc1csc2nc(COC(=O)c3ccccc3SCC(=O)Nc3cccc(C#N)c3)cc(=O)n12. The largest absolute Gasteiger partial charge is 0.456 e. The summed E-state index contributed by atoms with van der Waals surface area (Å²) < 4.78 is 6.91. The van der Waals surface area contributed by atoms with Gasteiger partial charge in [-0.25, -0.2) is 9.78 Å². The Kier molecular flexibility index (Phi) is 7.06. The Bertz CT molecular complexity index is 1490. The number of thioether (sulfide) groups is 1. The fourth-order valence-corrected chi connectivity index (χ4v) is 4.89. The molecular formula is C24H18N4O4S2. The molecule has 0 radical (unpaired) electrons. The zero-order valence-corrected chi connectivity index (χ0v) is 19.6. The lowest BCUT2D eigenvalue weighted by Crippen LogP contribution is -2.16. The van der Waals surface area contributed by atoms with Gasteiger partial charge in [0.05, 0.1) is 28.6 Å². The number of nitrogens with one attached hydrogen (secondary N) is 1. The van der Waals surface area contributed by atoms with Crippen molar-refractivity contribution < 1.29 is 14.3 Å². The molecule has 0 aliphatic heterocycles. The first-order valence-electron chi connectivity index (χ1n) is 10.1. The standard InChI is InChI=1S/C24H18N4O4S2/c1-15-13-34-24-27-18(10-22(30)28(15)24)12-32-23(31)19-7-2-3-8-20(19)33-14-21(29)26-17-6-4-5-16(9-17)11-25/h2-10,13H,12,14H2,1H3,(H,26,29). The van der Waals surface area contributed by atoms with Crippen LogP contribution in [-0.2, 0) is 16.1 Å². The number of thiazole rings is 1. The molecule has 2 aromatic heterocycles. The van der Waals surface area contributed by atoms with E-state index in [1.54, 1.807) is 48.5 Å². The third-order valence-electron chi connectivity index (χ3n) is 4.72. The number of aromatic nitrogens is 2. The molecule has 0 aliphatic rings. The van der Waals surface area contributed by atoms with Crippen LogP contribution in [0.4, 0.5) is 5.69 Å². The van der Waals surface area contributed by atoms with Crippen LogP contribution in [0.25, 0.3) is 4.96 Å². The van der Waals surface area contributed by atoms with Gasteiger partial charge in [-0.15, -0.1) is 23.1 Å². The Morgan fingerprint density at radius 3 is 2.85 bits per heavy atom. The summed E-state index contributed by atoms with van der Waals surface area (Å²) in [4.78, 5) is 42.9. The van der Waals surface area contributed by atoms with E-state index < -0.39 is 5.97 Å². The van der Waals surface area contributed by atoms with Crippen LogP contribution >= 0.6 is 23.1 Å². The fraction of sp³-hybridized carbons (Fsp3) is 0.125. The lowest BCUT2D eigenvalue weighted by atomic mass is 10.2. The lowest BCUT2D eigenvalue weighted by molar-refractivity contribution is -0.113. The normalized spacial score (nSPS) is 10.6. The molecule has 0 saturated heterocycles. The number of aryl methyl sites for hydroxylation is 1. The molecule has 4 rings (SSSR count). The number of amides is 1. The van der Waals surface area contributed by atoms with Gasteiger partial charge >= 0.3 is 5.97 Å². The number of hydrogen-bond donors (Lipinski definition) is 1. The highest BCUT2D eigenvalue weighted by Crippen LogP contribution is 2.24. The highest BCUT2D eigenvalue weighted by Gasteiger charge is 2.16. The number of fused-ring (bicyclic) bond motifs is 1. The molecule has 0 spiro atoms. The summed E-state index contributed by atoms with van der Waals surface area (Å²) in [7, 11) is 0. The molecule has 0 bridgehead atoms. The number of nitriles is 1. The predicted molar refractivity (Wildman–Crippen MR) is 130 cm³/mol. The Morgan fingerprint density at radius 1 is 1.21 bits per heavy atom. The van der Waals surface area contributed by atoms with Crippen LogP contribution in [0.2, 0.25) is 0 Å². The zero-order chi connectivity index (χ0) is 24.1. The smallest absolute Gasteiger partial charge is 0.339 e. The van der Waals surface area contributed by atoms with Gasteiger partial charge in [-0.2, -0.15) is 5.26 Å². The molecule has 2 aromatic carbocycles. The molecule has 8 nitrogen and oxygen atoms in total. The van der Waals surface area contributed by atoms with Gasteiger partial charge in [-0.3, -0.25) is 14.0 Å². The second kappa shape index (κ2) is 10.3. The van der Waals surface area contributed by atoms with Crippen molar-refractivity contribution in [3.05, 3.63) is 92.8 Å². The molecule has 34 heavy (non-hydrogen) atoms. The van der Waals surface area contributed by atoms with Gasteiger partial charge in [0.1, 0.15) is 6.61 Å². The maximum absolute atomic E-state index is 12.7. The number of benzene rings is 2. The maximum Gasteiger partial charge on any atom is 0.339 e. The van der Waals surface area contributed by atoms with Gasteiger partial charge in [0.15, 0.2) is 4.96 Å². The van der Waals surface area contributed by atoms with Crippen LogP contribution in [0.5, 0.6) is 0 Å². The van der Waals surface area contributed by atoms with Crippen molar-refractivity contribution in [1.29, 1.82) is 5.26 Å². The van der Waals surface area contributed by atoms with Crippen molar-refractivity contribution in [2.45, 2.75) is 18.4 Å². The molecule has 0 aliphatic carbocycles. The number of ether oxygens (including phenoxy) is 1. The Hall–Kier alpha value is -3.94. The molecule has 10 heteroatoms. The van der Waals surface area contributed by atoms with E-state index in [0.717, 1.165) is 5.69 Å². The summed E-state index contributed by atoms with van der Waals surface area (Å²) in [5, 5.41) is 13.6. The first kappa shape index (κ1) is 23.2. The molecule has 4 aromatic rings. The molecular weight excluding hydrogens is 472 g/mol. The summed E-state index contributed by atoms with van der Waals surface area (Å²) in [5.41, 5.74) is 2.23. The molecule has 0 atom stereocenters. The molecule has 1 amide bonds. The summed E-state index contributed by atoms with van der Waals surface area (Å²) in [6.45, 7) is 1.68. The lowest BCUT2D eigenvalue weighted by Gasteiger charge is -2.10. The zero-order valence-electron chi connectivity index (χ0n) is 18.0. The Labute approximate surface area is 202 Å². The number of carbonyl (C=O) groups excluding carboxylic acids is 2. The van der Waals surface area contributed by atoms with E-state index >= 15 is 0 Å². The predicted octanol–water partition coefficient (Wildman–Crippen LogP) is 4.02. The highest BCUT2D eigenvalue weighted by atomic mass is 32.2. The average molecular weight is 491 g/mol. The minimum absolute atomic E-state index is 0.0633. The van der Waals surface area contributed by atoms with Gasteiger partial charge in [-0.1, -0.05) is 18.2 Å². The van der Waals surface area contributed by atoms with E-state index in [0.29, 0.717) is 32.4 Å². The van der Waals surface area contributed by atoms with Crippen LogP contribution < -0.4 is 10.9 Å². The summed E-state index contributed by atoms with van der Waals surface area (Å²) in [5.74, 6) is -0.782. The number of rotatable bonds is 7. The summed E-state index contributed by atoms with van der Waals surface area (Å²) in [6, 6.07) is 16.8. The van der Waals surface area contributed by atoms with Gasteiger partial charge in [0.25, 0.3) is 5.56 Å². The van der Waals surface area contributed by atoms with Gasteiger partial charge in [-0.05, 0) is 37.3 Å². The maximum atomic E-state index is 12.7. The molecule has 170 valence electrons. The van der Waals surface area contributed by atoms with Crippen molar-refractivity contribution in [3.8, 4) is 6.07 Å². The first-order chi connectivity index (χ1) is 16.4. The minimum atomic E-state index is -0.574. The van der Waals surface area contributed by atoms with E-state index in [2.05, 4.69) is 10.3 Å². The molecule has 1 N–H and O–H groups in total. The van der Waals surface area contributed by atoms with Crippen LogP contribution in [0.1, 0.15) is 27.3 Å². The third kappa shape index (κ3) is 5.33. The minimum Gasteiger partial charge on any atom is -0.456 e. The number of esters is 1. The summed E-state index contributed by atoms with van der Waals surface area (Å²) >= 11 is 2.54. The second-order valence-electron chi connectivity index (χ2n) is 7.18. The van der Waals surface area contributed by atoms with Crippen molar-refractivity contribution >= 4 is 45.6 Å². The van der Waals surface area contributed by atoms with Gasteiger partial charge < -0.3 is 10.1 Å². The number of hydrogen-bond acceptors (Lipinski definition) is 8. The van der Waals surface area contributed by atoms with E-state index in [4.69, 9.17) is 10.00 Å². The van der Waals surface area contributed by atoms with E-state index in [1.165, 1.54) is 33.6 Å². The van der Waals surface area contributed by atoms with Crippen LogP contribution in [0.15, 0.2) is 69.7 Å². The molecule has 0 fully saturated rings. The third-order valence-corrected chi connectivity index (χ3v) is 6.74. The second-order valence-corrected chi connectivity index (χ2v) is 9.04. The fourth-order valence-electron chi connectivity index (χ4n) is 3.16. The van der Waals surface area contributed by atoms with Crippen molar-refractivity contribution in [3.63, 3.8) is 0 Å². The quantitative estimate of drug-likeness (QED) is 0.307. The molecule has 2 heterocycles. The van der Waals surface area contributed by atoms with E-state index in [-0.39, 0.29) is 23.8 Å². The first-order valence-corrected chi connectivity index (χ1v) is 12.0. The molecule has 0 unspecified atom stereocenters. The van der Waals surface area contributed by atoms with Gasteiger partial charge in [0, 0.05) is 27.7 Å². The average Bonchev–Trinajstić information content (AvgIpc) is 3.22. The van der Waals surface area contributed by atoms with Crippen LogP contribution in [-0.4, -0.2) is 27.0 Å². The number of carbonyl (C=O) groups is 2. The Balaban J connectivity index is 1.39. The van der Waals surface area contributed by atoms with E-state index in [9.17, 15) is 14.4 Å². The highest BCUT2D eigenvalue weighted by molar-refractivity contribution is 8.00. The van der Waals surface area contributed by atoms with Crippen molar-refractivity contribution in [2.75, 3.05) is 11.1 Å². The van der Waals surface area contributed by atoms with Gasteiger partial charge in [0.2, 0.25) is 5.91 Å². The number of anilines is 1. The van der Waals surface area contributed by atoms with Crippen molar-refractivity contribution in [1.82, 2.24) is 9.38 Å². The number of nitrogens with zero attached hydrogens (tertiary/aromatic N) is 3. The topological polar surface area (TPSA) is 114 Å². The van der Waals surface area contributed by atoms with Crippen molar-refractivity contribution in [2.24, 2.45) is 0 Å².